The zero-order valence-electron chi connectivity index (χ0n) is 10.7. The van der Waals surface area contributed by atoms with E-state index < -0.39 is 42.0 Å². The van der Waals surface area contributed by atoms with Gasteiger partial charge in [0, 0.05) is 0 Å². The third kappa shape index (κ3) is 6.53. The number of nitrogens with two attached hydrogens (primary N) is 1. The summed E-state index contributed by atoms with van der Waals surface area (Å²) in [5.74, 6) is -7.74. The van der Waals surface area contributed by atoms with Crippen molar-refractivity contribution < 1.29 is 33.0 Å². The molecule has 0 aliphatic rings. The first kappa shape index (κ1) is 17.1. The molecule has 0 aromatic heterocycles. The topological polar surface area (TPSA) is 119 Å². The van der Waals surface area contributed by atoms with Crippen LogP contribution in [0.25, 0.3) is 0 Å². The van der Waals surface area contributed by atoms with Crippen molar-refractivity contribution in [1.82, 2.24) is 5.32 Å². The molecule has 110 valence electrons. The van der Waals surface area contributed by atoms with Crippen molar-refractivity contribution in [2.75, 3.05) is 0 Å². The Labute approximate surface area is 108 Å². The Balaban J connectivity index is 4.74. The van der Waals surface area contributed by atoms with Crippen LogP contribution in [0.2, 0.25) is 0 Å². The Morgan fingerprint density at radius 3 is 2.11 bits per heavy atom. The summed E-state index contributed by atoms with van der Waals surface area (Å²) in [6.45, 7) is 4.54. The summed E-state index contributed by atoms with van der Waals surface area (Å²) in [5.41, 5.74) is 3.51. The highest BCUT2D eigenvalue weighted by Gasteiger charge is 2.42. The summed E-state index contributed by atoms with van der Waals surface area (Å²) < 4.78 is 30.7. The molecule has 0 radical (unpaired) electrons. The fraction of sp³-hybridized carbons (Fsp3) is 0.700. The molecular formula is C10H16F2N2O5. The Morgan fingerprint density at radius 2 is 1.79 bits per heavy atom. The maximum absolute atomic E-state index is 13.0. The van der Waals surface area contributed by atoms with Crippen molar-refractivity contribution in [3.05, 3.63) is 0 Å². The molecule has 0 heterocycles. The second kappa shape index (κ2) is 5.81. The van der Waals surface area contributed by atoms with Crippen LogP contribution in [0.5, 0.6) is 0 Å². The average Bonchev–Trinajstić information content (AvgIpc) is 2.12. The first-order chi connectivity index (χ1) is 8.35. The van der Waals surface area contributed by atoms with Crippen molar-refractivity contribution in [2.24, 2.45) is 5.73 Å². The third-order valence-electron chi connectivity index (χ3n) is 1.81. The Hall–Kier alpha value is -1.93. The zero-order chi connectivity index (χ0) is 15.4. The molecule has 0 aliphatic heterocycles. The van der Waals surface area contributed by atoms with Crippen molar-refractivity contribution in [3.63, 3.8) is 0 Å². The maximum Gasteiger partial charge on any atom is 0.408 e. The molecule has 1 atom stereocenters. The minimum atomic E-state index is -4.04. The number of alkyl halides is 2. The van der Waals surface area contributed by atoms with Gasteiger partial charge >= 0.3 is 18.0 Å². The van der Waals surface area contributed by atoms with Crippen LogP contribution >= 0.6 is 0 Å². The molecule has 0 saturated carbocycles. The molecule has 19 heavy (non-hydrogen) atoms. The normalized spacial score (nSPS) is 13.5. The number of hydrogen-bond donors (Lipinski definition) is 3. The van der Waals surface area contributed by atoms with Gasteiger partial charge in [-0.25, -0.2) is 9.59 Å². The van der Waals surface area contributed by atoms with Crippen molar-refractivity contribution >= 4 is 18.0 Å². The van der Waals surface area contributed by atoms with E-state index in [1.165, 1.54) is 20.8 Å². The average molecular weight is 282 g/mol. The lowest BCUT2D eigenvalue weighted by Crippen LogP contribution is -2.49. The van der Waals surface area contributed by atoms with E-state index in [2.05, 4.69) is 5.73 Å². The number of carboxylic acids is 1. The van der Waals surface area contributed by atoms with Gasteiger partial charge in [-0.3, -0.25) is 4.79 Å². The van der Waals surface area contributed by atoms with Gasteiger partial charge in [0.15, 0.2) is 0 Å². The van der Waals surface area contributed by atoms with Gasteiger partial charge in [0.1, 0.15) is 11.6 Å². The lowest BCUT2D eigenvalue weighted by Gasteiger charge is -2.23. The quantitative estimate of drug-likeness (QED) is 0.677. The maximum atomic E-state index is 13.0. The predicted octanol–water partition coefficient (Wildman–Crippen LogP) is 0.475. The summed E-state index contributed by atoms with van der Waals surface area (Å²) in [4.78, 5) is 32.4. The minimum absolute atomic E-state index is 0.917. The van der Waals surface area contributed by atoms with Crippen LogP contribution in [0.1, 0.15) is 27.2 Å². The summed E-state index contributed by atoms with van der Waals surface area (Å²) >= 11 is 0. The largest absolute Gasteiger partial charge is 0.480 e. The van der Waals surface area contributed by atoms with Gasteiger partial charge in [-0.2, -0.15) is 8.78 Å². The van der Waals surface area contributed by atoms with Crippen LogP contribution in [-0.2, 0) is 14.3 Å². The molecule has 0 saturated heterocycles. The lowest BCUT2D eigenvalue weighted by atomic mass is 10.1. The number of alkyl carbamates (subject to hydrolysis) is 1. The summed E-state index contributed by atoms with van der Waals surface area (Å²) in [6.07, 6.45) is -2.63. The van der Waals surface area contributed by atoms with Crippen molar-refractivity contribution in [2.45, 2.75) is 44.8 Å². The minimum Gasteiger partial charge on any atom is -0.480 e. The molecule has 0 aliphatic carbocycles. The van der Waals surface area contributed by atoms with Crippen LogP contribution in [0, 0.1) is 0 Å². The first-order valence-electron chi connectivity index (χ1n) is 5.25. The van der Waals surface area contributed by atoms with Crippen LogP contribution in [-0.4, -0.2) is 40.6 Å². The van der Waals surface area contributed by atoms with E-state index in [0.29, 0.717) is 0 Å². The molecule has 7 nitrogen and oxygen atoms in total. The summed E-state index contributed by atoms with van der Waals surface area (Å²) in [6, 6.07) is -1.99. The van der Waals surface area contributed by atoms with Crippen LogP contribution < -0.4 is 11.1 Å². The van der Waals surface area contributed by atoms with Gasteiger partial charge in [0.05, 0.1) is 6.42 Å². The SMILES string of the molecule is CC(C)(C)OC(=O)N[C@@H](CC(F)(F)C(N)=O)C(=O)O. The van der Waals surface area contributed by atoms with Gasteiger partial charge in [-0.05, 0) is 20.8 Å². The van der Waals surface area contributed by atoms with Crippen LogP contribution in [0.3, 0.4) is 0 Å². The molecule has 0 bridgehead atoms. The van der Waals surface area contributed by atoms with Gasteiger partial charge in [0.2, 0.25) is 0 Å². The van der Waals surface area contributed by atoms with Gasteiger partial charge in [0.25, 0.3) is 5.91 Å². The molecule has 2 amide bonds. The van der Waals surface area contributed by atoms with Gasteiger partial charge in [-0.1, -0.05) is 0 Å². The van der Waals surface area contributed by atoms with E-state index in [9.17, 15) is 23.2 Å². The Kier molecular flexibility index (Phi) is 5.22. The highest BCUT2D eigenvalue weighted by molar-refractivity contribution is 5.84. The van der Waals surface area contributed by atoms with Crippen molar-refractivity contribution in [1.29, 1.82) is 0 Å². The lowest BCUT2D eigenvalue weighted by molar-refractivity contribution is -0.149. The third-order valence-corrected chi connectivity index (χ3v) is 1.81. The fourth-order valence-corrected chi connectivity index (χ4v) is 1.01. The standard InChI is InChI=1S/C10H16F2N2O5/c1-9(2,3)19-8(18)14-5(6(15)16)4-10(11,12)7(13)17/h5H,4H2,1-3H3,(H2,13,17)(H,14,18)(H,15,16)/t5-/m0/s1. The molecule has 4 N–H and O–H groups in total. The number of ether oxygens (including phenoxy) is 1. The number of halogens is 2. The molecule has 0 aromatic rings. The van der Waals surface area contributed by atoms with Crippen molar-refractivity contribution in [3.8, 4) is 0 Å². The van der Waals surface area contributed by atoms with Crippen LogP contribution in [0.15, 0.2) is 0 Å². The smallest absolute Gasteiger partial charge is 0.408 e. The summed E-state index contributed by atoms with van der Waals surface area (Å²) in [7, 11) is 0. The van der Waals surface area contributed by atoms with Crippen LogP contribution in [0.4, 0.5) is 13.6 Å². The molecule has 0 aromatic carbocycles. The van der Waals surface area contributed by atoms with E-state index in [0.717, 1.165) is 0 Å². The highest BCUT2D eigenvalue weighted by atomic mass is 19.3. The van der Waals surface area contributed by atoms with Gasteiger partial charge in [-0.15, -0.1) is 0 Å². The Bertz CT molecular complexity index is 379. The Morgan fingerprint density at radius 1 is 1.32 bits per heavy atom. The summed E-state index contributed by atoms with van der Waals surface area (Å²) in [5, 5.41) is 10.4. The molecule has 0 fully saturated rings. The number of carboxylic acid groups (broad SMARTS) is 1. The number of primary amides is 1. The first-order valence-corrected chi connectivity index (χ1v) is 5.25. The predicted molar refractivity (Wildman–Crippen MR) is 59.6 cm³/mol. The monoisotopic (exact) mass is 282 g/mol. The highest BCUT2D eigenvalue weighted by Crippen LogP contribution is 2.20. The molecule has 0 spiro atoms. The second-order valence-corrected chi connectivity index (χ2v) is 4.81. The number of hydrogen-bond acceptors (Lipinski definition) is 4. The zero-order valence-corrected chi connectivity index (χ0v) is 10.7. The number of rotatable bonds is 5. The number of carbonyl (C=O) groups excluding carboxylic acids is 2. The van der Waals surface area contributed by atoms with E-state index in [4.69, 9.17) is 9.84 Å². The molecule has 0 rings (SSSR count). The fourth-order valence-electron chi connectivity index (χ4n) is 1.01. The van der Waals surface area contributed by atoms with E-state index in [-0.39, 0.29) is 0 Å². The van der Waals surface area contributed by atoms with E-state index >= 15 is 0 Å². The second-order valence-electron chi connectivity index (χ2n) is 4.81. The number of nitrogens with one attached hydrogen (secondary N) is 1. The molecular weight excluding hydrogens is 266 g/mol. The number of aliphatic carboxylic acids is 1. The number of carbonyl (C=O) groups is 3. The molecule has 0 unspecified atom stereocenters. The number of amides is 2. The van der Waals surface area contributed by atoms with E-state index in [1.807, 2.05) is 0 Å². The van der Waals surface area contributed by atoms with Gasteiger partial charge < -0.3 is 20.9 Å². The van der Waals surface area contributed by atoms with E-state index in [1.54, 1.807) is 5.32 Å². The molecule has 9 heteroatoms.